The summed E-state index contributed by atoms with van der Waals surface area (Å²) in [5, 5.41) is 0.508. The highest BCUT2D eigenvalue weighted by atomic mass is 35.5. The van der Waals surface area contributed by atoms with Crippen LogP contribution in [0.4, 0.5) is 0 Å². The summed E-state index contributed by atoms with van der Waals surface area (Å²) in [6.45, 7) is 5.74. The Morgan fingerprint density at radius 2 is 1.88 bits per heavy atom. The molecular formula is C16H22Cl2N4O2S. The number of likely N-dealkylation sites (N-methyl/N-ethyl adjacent to an activating group) is 1. The highest BCUT2D eigenvalue weighted by molar-refractivity contribution is 7.89. The zero-order valence-corrected chi connectivity index (χ0v) is 16.7. The van der Waals surface area contributed by atoms with Gasteiger partial charge in [-0.05, 0) is 24.7 Å². The van der Waals surface area contributed by atoms with Crippen LogP contribution < -0.4 is 4.72 Å². The number of hydrogen-bond donors (Lipinski definition) is 1. The van der Waals surface area contributed by atoms with Crippen LogP contribution in [-0.2, 0) is 17.1 Å². The van der Waals surface area contributed by atoms with Crippen LogP contribution in [0.25, 0.3) is 0 Å². The van der Waals surface area contributed by atoms with Gasteiger partial charge in [-0.2, -0.15) is 0 Å². The number of nitrogens with one attached hydrogen (secondary N) is 1. The maximum Gasteiger partial charge on any atom is 0.261 e. The van der Waals surface area contributed by atoms with Crippen LogP contribution in [0.5, 0.6) is 0 Å². The number of imidazole rings is 1. The smallest absolute Gasteiger partial charge is 0.261 e. The first-order chi connectivity index (χ1) is 11.8. The van der Waals surface area contributed by atoms with E-state index in [1.165, 1.54) is 10.9 Å². The van der Waals surface area contributed by atoms with Crippen LogP contribution in [0.3, 0.4) is 0 Å². The highest BCUT2D eigenvalue weighted by Crippen LogP contribution is 2.27. The van der Waals surface area contributed by atoms with E-state index in [1.54, 1.807) is 13.1 Å². The van der Waals surface area contributed by atoms with Crippen molar-refractivity contribution in [2.75, 3.05) is 19.6 Å². The minimum absolute atomic E-state index is 0.0737. The van der Waals surface area contributed by atoms with Crippen molar-refractivity contribution >= 4 is 33.2 Å². The zero-order valence-electron chi connectivity index (χ0n) is 14.4. The molecule has 0 aliphatic carbocycles. The van der Waals surface area contributed by atoms with Gasteiger partial charge in [0.15, 0.2) is 0 Å². The Labute approximate surface area is 158 Å². The van der Waals surface area contributed by atoms with E-state index in [1.807, 2.05) is 32.0 Å². The van der Waals surface area contributed by atoms with E-state index in [9.17, 15) is 8.42 Å². The van der Waals surface area contributed by atoms with Crippen molar-refractivity contribution in [1.82, 2.24) is 19.2 Å². The molecule has 0 aliphatic rings. The van der Waals surface area contributed by atoms with Crippen molar-refractivity contribution in [2.45, 2.75) is 24.9 Å². The molecule has 0 amide bonds. The minimum Gasteiger partial charge on any atom is -0.324 e. The Balaban J connectivity index is 2.29. The van der Waals surface area contributed by atoms with Crippen LogP contribution in [0, 0.1) is 0 Å². The lowest BCUT2D eigenvalue weighted by atomic mass is 10.1. The molecule has 1 aromatic carbocycles. The Hall–Kier alpha value is -1.12. The largest absolute Gasteiger partial charge is 0.324 e. The molecule has 0 saturated heterocycles. The molecule has 0 aliphatic heterocycles. The summed E-state index contributed by atoms with van der Waals surface area (Å²) in [5.41, 5.74) is 0.877. The lowest BCUT2D eigenvalue weighted by Crippen LogP contribution is -2.38. The molecule has 0 bridgehead atoms. The standard InChI is InChI=1S/C16H22Cl2N4O2S/c1-4-22(5-2)14(12-8-6-7-9-13(12)17)10-20-25(23,24)16-15(18)21(3)11-19-16/h6-9,11,14,20H,4-5,10H2,1-3H3. The number of sulfonamides is 1. The van der Waals surface area contributed by atoms with Gasteiger partial charge in [0, 0.05) is 24.7 Å². The Morgan fingerprint density at radius 3 is 2.40 bits per heavy atom. The molecule has 6 nitrogen and oxygen atoms in total. The number of hydrogen-bond acceptors (Lipinski definition) is 4. The van der Waals surface area contributed by atoms with Gasteiger partial charge < -0.3 is 4.57 Å². The molecule has 2 rings (SSSR count). The van der Waals surface area contributed by atoms with Gasteiger partial charge in [0.25, 0.3) is 10.0 Å². The predicted octanol–water partition coefficient (Wildman–Crippen LogP) is 3.09. The van der Waals surface area contributed by atoms with Gasteiger partial charge in [0.1, 0.15) is 5.15 Å². The topological polar surface area (TPSA) is 67.2 Å². The zero-order chi connectivity index (χ0) is 18.6. The molecule has 1 atom stereocenters. The Kier molecular flexibility index (Phi) is 6.87. The van der Waals surface area contributed by atoms with Gasteiger partial charge in [-0.3, -0.25) is 4.90 Å². The molecule has 1 heterocycles. The van der Waals surface area contributed by atoms with E-state index in [2.05, 4.69) is 14.6 Å². The molecule has 0 spiro atoms. The SMILES string of the molecule is CCN(CC)C(CNS(=O)(=O)c1ncn(C)c1Cl)c1ccccc1Cl. The van der Waals surface area contributed by atoms with Crippen LogP contribution in [-0.4, -0.2) is 42.5 Å². The molecule has 0 radical (unpaired) electrons. The van der Waals surface area contributed by atoms with Gasteiger partial charge >= 0.3 is 0 Å². The Morgan fingerprint density at radius 1 is 1.24 bits per heavy atom. The van der Waals surface area contributed by atoms with Gasteiger partial charge in [-0.1, -0.05) is 55.2 Å². The van der Waals surface area contributed by atoms with E-state index in [4.69, 9.17) is 23.2 Å². The summed E-state index contributed by atoms with van der Waals surface area (Å²) in [5.74, 6) is 0. The van der Waals surface area contributed by atoms with Gasteiger partial charge in [0.05, 0.1) is 6.33 Å². The fourth-order valence-electron chi connectivity index (χ4n) is 2.68. The maximum absolute atomic E-state index is 12.6. The lowest BCUT2D eigenvalue weighted by Gasteiger charge is -2.30. The summed E-state index contributed by atoms with van der Waals surface area (Å²) in [6, 6.07) is 7.26. The first-order valence-corrected chi connectivity index (χ1v) is 10.2. The van der Waals surface area contributed by atoms with Crippen molar-refractivity contribution in [1.29, 1.82) is 0 Å². The second kappa shape index (κ2) is 8.51. The van der Waals surface area contributed by atoms with Gasteiger partial charge in [-0.15, -0.1) is 0 Å². The number of nitrogens with zero attached hydrogens (tertiary/aromatic N) is 3. The van der Waals surface area contributed by atoms with Crippen LogP contribution in [0.2, 0.25) is 10.2 Å². The highest BCUT2D eigenvalue weighted by Gasteiger charge is 2.26. The average molecular weight is 405 g/mol. The summed E-state index contributed by atoms with van der Waals surface area (Å²) < 4.78 is 29.2. The van der Waals surface area contributed by atoms with Crippen molar-refractivity contribution in [2.24, 2.45) is 7.05 Å². The summed E-state index contributed by atoms with van der Waals surface area (Å²) >= 11 is 12.3. The number of aromatic nitrogens is 2. The minimum atomic E-state index is -3.82. The summed E-state index contributed by atoms with van der Waals surface area (Å²) in [7, 11) is -2.18. The lowest BCUT2D eigenvalue weighted by molar-refractivity contribution is 0.220. The number of aryl methyl sites for hydroxylation is 1. The third-order valence-electron chi connectivity index (χ3n) is 4.07. The number of benzene rings is 1. The van der Waals surface area contributed by atoms with Crippen LogP contribution >= 0.6 is 23.2 Å². The third-order valence-corrected chi connectivity index (χ3v) is 6.33. The van der Waals surface area contributed by atoms with Crippen molar-refractivity contribution in [3.8, 4) is 0 Å². The molecule has 1 unspecified atom stereocenters. The van der Waals surface area contributed by atoms with E-state index in [-0.39, 0.29) is 22.8 Å². The van der Waals surface area contributed by atoms with E-state index in [0.29, 0.717) is 5.02 Å². The van der Waals surface area contributed by atoms with Crippen molar-refractivity contribution < 1.29 is 8.42 Å². The quantitative estimate of drug-likeness (QED) is 0.733. The van der Waals surface area contributed by atoms with E-state index < -0.39 is 10.0 Å². The predicted molar refractivity (Wildman–Crippen MR) is 101 cm³/mol. The molecule has 1 aromatic heterocycles. The normalized spacial score (nSPS) is 13.4. The first kappa shape index (κ1) is 20.2. The fraction of sp³-hybridized carbons (Fsp3) is 0.438. The first-order valence-electron chi connectivity index (χ1n) is 7.96. The average Bonchev–Trinajstić information content (AvgIpc) is 2.92. The molecule has 1 N–H and O–H groups in total. The maximum atomic E-state index is 12.6. The summed E-state index contributed by atoms with van der Waals surface area (Å²) in [6.07, 6.45) is 1.37. The fourth-order valence-corrected chi connectivity index (χ4v) is 4.40. The monoisotopic (exact) mass is 404 g/mol. The van der Waals surface area contributed by atoms with Gasteiger partial charge in [0.2, 0.25) is 5.03 Å². The van der Waals surface area contributed by atoms with Gasteiger partial charge in [-0.25, -0.2) is 18.1 Å². The number of halogens is 2. The molecular weight excluding hydrogens is 383 g/mol. The molecule has 138 valence electrons. The third kappa shape index (κ3) is 4.54. The second-order valence-corrected chi connectivity index (χ2v) is 8.01. The van der Waals surface area contributed by atoms with Crippen LogP contribution in [0.1, 0.15) is 25.5 Å². The molecule has 9 heteroatoms. The summed E-state index contributed by atoms with van der Waals surface area (Å²) in [4.78, 5) is 6.02. The Bertz CT molecular complexity index is 819. The molecule has 2 aromatic rings. The molecule has 0 saturated carbocycles. The van der Waals surface area contributed by atoms with Crippen molar-refractivity contribution in [3.63, 3.8) is 0 Å². The van der Waals surface area contributed by atoms with Crippen LogP contribution in [0.15, 0.2) is 35.6 Å². The second-order valence-electron chi connectivity index (χ2n) is 5.56. The molecule has 0 fully saturated rings. The van der Waals surface area contributed by atoms with Crippen molar-refractivity contribution in [3.05, 3.63) is 46.3 Å². The van der Waals surface area contributed by atoms with E-state index in [0.717, 1.165) is 18.7 Å². The molecule has 25 heavy (non-hydrogen) atoms. The van der Waals surface area contributed by atoms with E-state index >= 15 is 0 Å². The number of rotatable bonds is 8.